The van der Waals surface area contributed by atoms with Crippen LogP contribution >= 0.6 is 11.6 Å². The first-order valence-corrected chi connectivity index (χ1v) is 7.81. The Labute approximate surface area is 144 Å². The molecule has 0 saturated heterocycles. The van der Waals surface area contributed by atoms with Gasteiger partial charge in [-0.05, 0) is 24.6 Å². The van der Waals surface area contributed by atoms with E-state index < -0.39 is 0 Å². The van der Waals surface area contributed by atoms with Crippen molar-refractivity contribution in [2.45, 2.75) is 13.5 Å². The van der Waals surface area contributed by atoms with Crippen LogP contribution < -0.4 is 10.6 Å². The van der Waals surface area contributed by atoms with E-state index in [0.29, 0.717) is 22.4 Å². The first-order chi connectivity index (χ1) is 11.6. The normalized spacial score (nSPS) is 10.4. The topological polar surface area (TPSA) is 67.2 Å². The van der Waals surface area contributed by atoms with Crippen LogP contribution in [0.25, 0.3) is 11.3 Å². The van der Waals surface area contributed by atoms with Gasteiger partial charge in [0.05, 0.1) is 12.7 Å². The number of carbonyl (C=O) groups excluding carboxylic acids is 1. The van der Waals surface area contributed by atoms with Gasteiger partial charge in [-0.15, -0.1) is 0 Å². The summed E-state index contributed by atoms with van der Waals surface area (Å²) in [4.78, 5) is 16.2. The highest BCUT2D eigenvalue weighted by atomic mass is 35.5. The van der Waals surface area contributed by atoms with E-state index in [1.54, 1.807) is 24.4 Å². The summed E-state index contributed by atoms with van der Waals surface area (Å²) < 4.78 is 5.64. The van der Waals surface area contributed by atoms with Gasteiger partial charge in [-0.25, -0.2) is 9.78 Å². The highest BCUT2D eigenvalue weighted by molar-refractivity contribution is 6.31. The zero-order chi connectivity index (χ0) is 16.9. The molecule has 3 rings (SSSR count). The molecule has 0 unspecified atom stereocenters. The summed E-state index contributed by atoms with van der Waals surface area (Å²) >= 11 is 6.03. The highest BCUT2D eigenvalue weighted by Crippen LogP contribution is 2.23. The summed E-state index contributed by atoms with van der Waals surface area (Å²) in [6.45, 7) is 2.04. The minimum Gasteiger partial charge on any atom is -0.439 e. The lowest BCUT2D eigenvalue weighted by Gasteiger charge is -2.09. The van der Waals surface area contributed by atoms with Gasteiger partial charge in [0.1, 0.15) is 0 Å². The number of hydrogen-bond acceptors (Lipinski definition) is 3. The average Bonchev–Trinajstić information content (AvgIpc) is 3.07. The molecule has 0 bridgehead atoms. The van der Waals surface area contributed by atoms with Gasteiger partial charge in [0.2, 0.25) is 5.89 Å². The monoisotopic (exact) mass is 341 g/mol. The fourth-order valence-electron chi connectivity index (χ4n) is 2.19. The molecule has 2 aromatic carbocycles. The fourth-order valence-corrected chi connectivity index (χ4v) is 2.37. The lowest BCUT2D eigenvalue weighted by atomic mass is 10.2. The Hall–Kier alpha value is -2.79. The molecule has 0 aliphatic carbocycles. The van der Waals surface area contributed by atoms with Crippen molar-refractivity contribution in [3.63, 3.8) is 0 Å². The third-order valence-electron chi connectivity index (χ3n) is 3.53. The SMILES string of the molecule is Cc1c(Cl)cccc1NC(=O)NCc1ncc(-c2ccccc2)o1. The van der Waals surface area contributed by atoms with Crippen molar-refractivity contribution in [2.75, 3.05) is 5.32 Å². The van der Waals surface area contributed by atoms with Crippen molar-refractivity contribution in [1.29, 1.82) is 0 Å². The molecule has 0 saturated carbocycles. The van der Waals surface area contributed by atoms with E-state index in [2.05, 4.69) is 15.6 Å². The number of halogens is 1. The molecule has 6 heteroatoms. The highest BCUT2D eigenvalue weighted by Gasteiger charge is 2.09. The number of aromatic nitrogens is 1. The maximum absolute atomic E-state index is 12.0. The van der Waals surface area contributed by atoms with Crippen LogP contribution in [0.5, 0.6) is 0 Å². The standard InChI is InChI=1S/C18H16ClN3O2/c1-12-14(19)8-5-9-15(12)22-18(23)21-11-17-20-10-16(24-17)13-6-3-2-4-7-13/h2-10H,11H2,1H3,(H2,21,22,23). The lowest BCUT2D eigenvalue weighted by Crippen LogP contribution is -2.28. The van der Waals surface area contributed by atoms with E-state index in [1.165, 1.54) is 0 Å². The average molecular weight is 342 g/mol. The van der Waals surface area contributed by atoms with Gasteiger partial charge >= 0.3 is 6.03 Å². The summed E-state index contributed by atoms with van der Waals surface area (Å²) in [6, 6.07) is 14.7. The van der Waals surface area contributed by atoms with Gasteiger partial charge in [-0.2, -0.15) is 0 Å². The Balaban J connectivity index is 1.59. The molecule has 2 N–H and O–H groups in total. The van der Waals surface area contributed by atoms with Crippen molar-refractivity contribution >= 4 is 23.3 Å². The predicted octanol–water partition coefficient (Wildman–Crippen LogP) is 4.63. The van der Waals surface area contributed by atoms with E-state index in [1.807, 2.05) is 37.3 Å². The lowest BCUT2D eigenvalue weighted by molar-refractivity contribution is 0.250. The summed E-state index contributed by atoms with van der Waals surface area (Å²) in [5.41, 5.74) is 2.42. The van der Waals surface area contributed by atoms with E-state index in [0.717, 1.165) is 11.1 Å². The third kappa shape index (κ3) is 3.75. The quantitative estimate of drug-likeness (QED) is 0.727. The first-order valence-electron chi connectivity index (χ1n) is 7.43. The fraction of sp³-hybridized carbons (Fsp3) is 0.111. The number of oxazole rings is 1. The van der Waals surface area contributed by atoms with Gasteiger partial charge in [-0.1, -0.05) is 48.0 Å². The van der Waals surface area contributed by atoms with Crippen molar-refractivity contribution in [1.82, 2.24) is 10.3 Å². The summed E-state index contributed by atoms with van der Waals surface area (Å²) in [5.74, 6) is 1.10. The van der Waals surface area contributed by atoms with E-state index in [-0.39, 0.29) is 12.6 Å². The first kappa shape index (κ1) is 16.1. The molecule has 0 atom stereocenters. The number of anilines is 1. The zero-order valence-corrected chi connectivity index (χ0v) is 13.8. The van der Waals surface area contributed by atoms with E-state index >= 15 is 0 Å². The van der Waals surface area contributed by atoms with Gasteiger partial charge in [0.15, 0.2) is 5.76 Å². The number of amides is 2. The van der Waals surface area contributed by atoms with Gasteiger partial charge in [-0.3, -0.25) is 0 Å². The van der Waals surface area contributed by atoms with Gasteiger partial charge < -0.3 is 15.1 Å². The van der Waals surface area contributed by atoms with Gasteiger partial charge in [0, 0.05) is 16.3 Å². The number of nitrogens with one attached hydrogen (secondary N) is 2. The summed E-state index contributed by atoms with van der Waals surface area (Å²) in [7, 11) is 0. The Morgan fingerprint density at radius 2 is 1.96 bits per heavy atom. The molecular weight excluding hydrogens is 326 g/mol. The van der Waals surface area contributed by atoms with Crippen LogP contribution in [0.1, 0.15) is 11.5 Å². The van der Waals surface area contributed by atoms with Crippen LogP contribution in [-0.2, 0) is 6.54 Å². The third-order valence-corrected chi connectivity index (χ3v) is 3.94. The zero-order valence-electron chi connectivity index (χ0n) is 13.0. The number of carbonyl (C=O) groups is 1. The number of benzene rings is 2. The Bertz CT molecular complexity index is 846. The molecule has 122 valence electrons. The number of hydrogen-bond donors (Lipinski definition) is 2. The molecule has 24 heavy (non-hydrogen) atoms. The molecule has 0 aliphatic rings. The molecule has 2 amide bonds. The van der Waals surface area contributed by atoms with Gasteiger partial charge in [0.25, 0.3) is 0 Å². The van der Waals surface area contributed by atoms with Crippen LogP contribution in [0.3, 0.4) is 0 Å². The Kier molecular flexibility index (Phi) is 4.82. The molecule has 0 radical (unpaired) electrons. The molecule has 0 spiro atoms. The smallest absolute Gasteiger partial charge is 0.319 e. The molecular formula is C18H16ClN3O2. The second kappa shape index (κ2) is 7.19. The second-order valence-corrected chi connectivity index (χ2v) is 5.61. The van der Waals surface area contributed by atoms with E-state index in [4.69, 9.17) is 16.0 Å². The molecule has 0 fully saturated rings. The molecule has 5 nitrogen and oxygen atoms in total. The van der Waals surface area contributed by atoms with Crippen molar-refractivity contribution in [2.24, 2.45) is 0 Å². The predicted molar refractivity (Wildman–Crippen MR) is 94.0 cm³/mol. The molecule has 1 heterocycles. The largest absolute Gasteiger partial charge is 0.439 e. The Morgan fingerprint density at radius 1 is 1.17 bits per heavy atom. The van der Waals surface area contributed by atoms with E-state index in [9.17, 15) is 4.79 Å². The second-order valence-electron chi connectivity index (χ2n) is 5.20. The molecule has 3 aromatic rings. The van der Waals surface area contributed by atoms with Crippen molar-refractivity contribution in [3.8, 4) is 11.3 Å². The maximum Gasteiger partial charge on any atom is 0.319 e. The van der Waals surface area contributed by atoms with Crippen LogP contribution in [0.15, 0.2) is 59.1 Å². The van der Waals surface area contributed by atoms with Crippen molar-refractivity contribution in [3.05, 3.63) is 71.2 Å². The van der Waals surface area contributed by atoms with Crippen molar-refractivity contribution < 1.29 is 9.21 Å². The molecule has 0 aliphatic heterocycles. The minimum atomic E-state index is -0.347. The number of rotatable bonds is 4. The summed E-state index contributed by atoms with van der Waals surface area (Å²) in [5, 5.41) is 6.07. The Morgan fingerprint density at radius 3 is 2.75 bits per heavy atom. The summed E-state index contributed by atoms with van der Waals surface area (Å²) in [6.07, 6.45) is 1.64. The maximum atomic E-state index is 12.0. The van der Waals surface area contributed by atoms with Crippen LogP contribution in [0.2, 0.25) is 5.02 Å². The van der Waals surface area contributed by atoms with Crippen LogP contribution in [0.4, 0.5) is 10.5 Å². The number of urea groups is 1. The van der Waals surface area contributed by atoms with Crippen LogP contribution in [0, 0.1) is 6.92 Å². The van der Waals surface area contributed by atoms with Crippen LogP contribution in [-0.4, -0.2) is 11.0 Å². The molecule has 1 aromatic heterocycles. The number of nitrogens with zero attached hydrogens (tertiary/aromatic N) is 1. The minimum absolute atomic E-state index is 0.193.